The molecule has 1 saturated heterocycles. The summed E-state index contributed by atoms with van der Waals surface area (Å²) in [6.45, 7) is 1.05. The van der Waals surface area contributed by atoms with Crippen LogP contribution in [0.2, 0.25) is 0 Å². The van der Waals surface area contributed by atoms with Gasteiger partial charge in [0, 0.05) is 31.4 Å². The van der Waals surface area contributed by atoms with Crippen LogP contribution < -0.4 is 5.73 Å². The van der Waals surface area contributed by atoms with Gasteiger partial charge in [0.2, 0.25) is 11.8 Å². The van der Waals surface area contributed by atoms with Gasteiger partial charge in [0.15, 0.2) is 0 Å². The van der Waals surface area contributed by atoms with Crippen molar-refractivity contribution in [1.29, 1.82) is 0 Å². The van der Waals surface area contributed by atoms with E-state index < -0.39 is 5.41 Å². The second kappa shape index (κ2) is 7.14. The average molecular weight is 363 g/mol. The Bertz CT molecular complexity index is 848. The molecule has 0 spiro atoms. The second-order valence-electron chi connectivity index (χ2n) is 7.85. The third-order valence-electron chi connectivity index (χ3n) is 6.18. The van der Waals surface area contributed by atoms with E-state index in [4.69, 9.17) is 5.73 Å². The molecule has 140 valence electrons. The largest absolute Gasteiger partial charge is 0.369 e. The number of carbonyl (C=O) groups excluding carboxylic acids is 2. The SMILES string of the molecule is NC(=O)[C@@]1(Cc2ccccc2-c2ccncc2)CCN(C(=O)C2CCC2)C1. The smallest absolute Gasteiger partial charge is 0.225 e. The second-order valence-corrected chi connectivity index (χ2v) is 7.85. The lowest BCUT2D eigenvalue weighted by Gasteiger charge is -2.31. The minimum Gasteiger partial charge on any atom is -0.369 e. The maximum absolute atomic E-state index is 12.6. The number of amides is 2. The lowest BCUT2D eigenvalue weighted by Crippen LogP contribution is -2.44. The molecule has 2 aromatic rings. The van der Waals surface area contributed by atoms with Gasteiger partial charge in [-0.3, -0.25) is 14.6 Å². The normalized spacial score (nSPS) is 22.4. The van der Waals surface area contributed by atoms with Crippen LogP contribution in [0.3, 0.4) is 0 Å². The summed E-state index contributed by atoms with van der Waals surface area (Å²) in [6.07, 6.45) is 7.80. The topological polar surface area (TPSA) is 76.3 Å². The molecule has 27 heavy (non-hydrogen) atoms. The quantitative estimate of drug-likeness (QED) is 0.887. The number of pyridine rings is 1. The van der Waals surface area contributed by atoms with Gasteiger partial charge in [0.25, 0.3) is 0 Å². The Hall–Kier alpha value is -2.69. The van der Waals surface area contributed by atoms with E-state index in [9.17, 15) is 9.59 Å². The maximum Gasteiger partial charge on any atom is 0.225 e. The number of hydrogen-bond donors (Lipinski definition) is 1. The molecule has 1 aliphatic carbocycles. The molecule has 2 fully saturated rings. The molecule has 5 heteroatoms. The number of likely N-dealkylation sites (tertiary alicyclic amines) is 1. The summed E-state index contributed by atoms with van der Waals surface area (Å²) in [5.41, 5.74) is 8.42. The molecule has 0 unspecified atom stereocenters. The van der Waals surface area contributed by atoms with Crippen molar-refractivity contribution >= 4 is 11.8 Å². The zero-order valence-electron chi connectivity index (χ0n) is 15.4. The van der Waals surface area contributed by atoms with Gasteiger partial charge in [-0.1, -0.05) is 30.7 Å². The molecular weight excluding hydrogens is 338 g/mol. The van der Waals surface area contributed by atoms with E-state index in [1.165, 1.54) is 0 Å². The Balaban J connectivity index is 1.60. The van der Waals surface area contributed by atoms with E-state index in [1.807, 2.05) is 29.2 Å². The van der Waals surface area contributed by atoms with Crippen molar-refractivity contribution in [3.8, 4) is 11.1 Å². The molecule has 2 aliphatic rings. The van der Waals surface area contributed by atoms with Gasteiger partial charge in [-0.15, -0.1) is 0 Å². The highest BCUT2D eigenvalue weighted by Gasteiger charge is 2.46. The third kappa shape index (κ3) is 3.34. The molecule has 1 aromatic carbocycles. The summed E-state index contributed by atoms with van der Waals surface area (Å²) in [5, 5.41) is 0. The molecule has 1 atom stereocenters. The van der Waals surface area contributed by atoms with Gasteiger partial charge in [-0.25, -0.2) is 0 Å². The van der Waals surface area contributed by atoms with Gasteiger partial charge >= 0.3 is 0 Å². The molecule has 4 rings (SSSR count). The van der Waals surface area contributed by atoms with Crippen LogP contribution >= 0.6 is 0 Å². The molecular formula is C22H25N3O2. The van der Waals surface area contributed by atoms with Gasteiger partial charge < -0.3 is 10.6 Å². The zero-order valence-corrected chi connectivity index (χ0v) is 15.4. The first-order chi connectivity index (χ1) is 13.1. The standard InChI is InChI=1S/C22H25N3O2/c23-21(27)22(10-13-25(15-22)20(26)17-5-3-6-17)14-18-4-1-2-7-19(18)16-8-11-24-12-9-16/h1-2,4,7-9,11-12,17H,3,5-6,10,13-15H2,(H2,23,27)/t22-/m1/s1. The predicted molar refractivity (Wildman–Crippen MR) is 104 cm³/mol. The third-order valence-corrected chi connectivity index (χ3v) is 6.18. The van der Waals surface area contributed by atoms with Gasteiger partial charge in [0.1, 0.15) is 0 Å². The highest BCUT2D eigenvalue weighted by atomic mass is 16.2. The Morgan fingerprint density at radius 2 is 1.89 bits per heavy atom. The summed E-state index contributed by atoms with van der Waals surface area (Å²) in [6, 6.07) is 12.0. The number of aromatic nitrogens is 1. The fourth-order valence-electron chi connectivity index (χ4n) is 4.26. The van der Waals surface area contributed by atoms with E-state index in [1.54, 1.807) is 12.4 Å². The number of carbonyl (C=O) groups is 2. The number of benzene rings is 1. The summed E-state index contributed by atoms with van der Waals surface area (Å²) < 4.78 is 0. The van der Waals surface area contributed by atoms with Crippen molar-refractivity contribution < 1.29 is 9.59 Å². The molecule has 0 radical (unpaired) electrons. The number of nitrogens with zero attached hydrogens (tertiary/aromatic N) is 2. The first kappa shape index (κ1) is 17.7. The predicted octanol–water partition coefficient (Wildman–Crippen LogP) is 2.80. The minimum atomic E-state index is -0.692. The molecule has 1 saturated carbocycles. The first-order valence-electron chi connectivity index (χ1n) is 9.66. The van der Waals surface area contributed by atoms with E-state index >= 15 is 0 Å². The van der Waals surface area contributed by atoms with Gasteiger partial charge in [-0.05, 0) is 54.5 Å². The maximum atomic E-state index is 12.6. The number of primary amides is 1. The van der Waals surface area contributed by atoms with Crippen molar-refractivity contribution in [2.75, 3.05) is 13.1 Å². The van der Waals surface area contributed by atoms with Crippen LogP contribution in [0.15, 0.2) is 48.8 Å². The van der Waals surface area contributed by atoms with Crippen LogP contribution in [-0.2, 0) is 16.0 Å². The van der Waals surface area contributed by atoms with Crippen LogP contribution in [0.5, 0.6) is 0 Å². The van der Waals surface area contributed by atoms with Gasteiger partial charge in [0.05, 0.1) is 5.41 Å². The van der Waals surface area contributed by atoms with E-state index in [0.29, 0.717) is 25.9 Å². The average Bonchev–Trinajstić information content (AvgIpc) is 3.07. The van der Waals surface area contributed by atoms with Crippen LogP contribution in [0.4, 0.5) is 0 Å². The van der Waals surface area contributed by atoms with Crippen molar-refractivity contribution in [2.24, 2.45) is 17.1 Å². The number of rotatable bonds is 5. The van der Waals surface area contributed by atoms with Crippen molar-refractivity contribution in [1.82, 2.24) is 9.88 Å². The zero-order chi connectivity index (χ0) is 18.9. The summed E-state index contributed by atoms with van der Waals surface area (Å²) in [7, 11) is 0. The number of nitrogens with two attached hydrogens (primary N) is 1. The van der Waals surface area contributed by atoms with Crippen LogP contribution in [-0.4, -0.2) is 34.8 Å². The summed E-state index contributed by atoms with van der Waals surface area (Å²) in [4.78, 5) is 31.1. The van der Waals surface area contributed by atoms with E-state index in [0.717, 1.165) is 36.0 Å². The summed E-state index contributed by atoms with van der Waals surface area (Å²) >= 11 is 0. The van der Waals surface area contributed by atoms with E-state index in [-0.39, 0.29) is 17.7 Å². The molecule has 5 nitrogen and oxygen atoms in total. The Kier molecular flexibility index (Phi) is 4.68. The van der Waals surface area contributed by atoms with Crippen molar-refractivity contribution in [3.05, 3.63) is 54.4 Å². The van der Waals surface area contributed by atoms with Crippen molar-refractivity contribution in [3.63, 3.8) is 0 Å². The van der Waals surface area contributed by atoms with Crippen molar-refractivity contribution in [2.45, 2.75) is 32.1 Å². The highest BCUT2D eigenvalue weighted by Crippen LogP contribution is 2.39. The van der Waals surface area contributed by atoms with E-state index in [2.05, 4.69) is 17.1 Å². The Labute approximate surface area is 159 Å². The van der Waals surface area contributed by atoms with Gasteiger partial charge in [-0.2, -0.15) is 0 Å². The minimum absolute atomic E-state index is 0.151. The lowest BCUT2D eigenvalue weighted by atomic mass is 9.78. The fourth-order valence-corrected chi connectivity index (χ4v) is 4.26. The lowest BCUT2D eigenvalue weighted by molar-refractivity contribution is -0.138. The molecule has 0 bridgehead atoms. The fraction of sp³-hybridized carbons (Fsp3) is 0.409. The van der Waals surface area contributed by atoms with Crippen LogP contribution in [0, 0.1) is 11.3 Å². The molecule has 1 aromatic heterocycles. The molecule has 1 aliphatic heterocycles. The monoisotopic (exact) mass is 363 g/mol. The molecule has 2 N–H and O–H groups in total. The molecule has 2 amide bonds. The van der Waals surface area contributed by atoms with Crippen LogP contribution in [0.1, 0.15) is 31.2 Å². The highest BCUT2D eigenvalue weighted by molar-refractivity contribution is 5.85. The number of hydrogen-bond acceptors (Lipinski definition) is 3. The summed E-state index contributed by atoms with van der Waals surface area (Å²) in [5.74, 6) is 0.0421. The molecule has 2 heterocycles. The Morgan fingerprint density at radius 1 is 1.15 bits per heavy atom. The van der Waals surface area contributed by atoms with Crippen LogP contribution in [0.25, 0.3) is 11.1 Å². The Morgan fingerprint density at radius 3 is 2.56 bits per heavy atom. The first-order valence-corrected chi connectivity index (χ1v) is 9.66.